The minimum absolute atomic E-state index is 0.266. The molecule has 1 fully saturated rings. The minimum atomic E-state index is -0.599. The Labute approximate surface area is 115 Å². The molecule has 5 nitrogen and oxygen atoms in total. The van der Waals surface area contributed by atoms with Gasteiger partial charge < -0.3 is 9.84 Å². The van der Waals surface area contributed by atoms with Crippen molar-refractivity contribution in [2.24, 2.45) is 7.05 Å². The van der Waals surface area contributed by atoms with Gasteiger partial charge in [0.05, 0.1) is 13.3 Å². The highest BCUT2D eigenvalue weighted by molar-refractivity contribution is 5.29. The van der Waals surface area contributed by atoms with Gasteiger partial charge in [0.2, 0.25) is 0 Å². The van der Waals surface area contributed by atoms with Gasteiger partial charge in [-0.3, -0.25) is 9.58 Å². The molecule has 5 heteroatoms. The molecule has 0 radical (unpaired) electrons. The Kier molecular flexibility index (Phi) is 4.16. The predicted octanol–water partition coefficient (Wildman–Crippen LogP) is 1.73. The van der Waals surface area contributed by atoms with Crippen molar-refractivity contribution >= 4 is 0 Å². The van der Waals surface area contributed by atoms with Crippen LogP contribution in [0.4, 0.5) is 0 Å². The van der Waals surface area contributed by atoms with E-state index in [1.54, 1.807) is 18.0 Å². The molecular formula is C14H25N3O2. The van der Waals surface area contributed by atoms with Crippen LogP contribution in [0.25, 0.3) is 0 Å². The van der Waals surface area contributed by atoms with Gasteiger partial charge in [-0.2, -0.15) is 5.10 Å². The summed E-state index contributed by atoms with van der Waals surface area (Å²) in [5.41, 5.74) is 0.496. The Bertz CT molecular complexity index is 426. The normalized spacial score (nSPS) is 21.3. The lowest BCUT2D eigenvalue weighted by Gasteiger charge is -2.42. The third-order valence-corrected chi connectivity index (χ3v) is 4.56. The van der Waals surface area contributed by atoms with Crippen LogP contribution in [-0.4, -0.2) is 45.5 Å². The van der Waals surface area contributed by atoms with Gasteiger partial charge in [-0.1, -0.05) is 6.92 Å². The van der Waals surface area contributed by atoms with Gasteiger partial charge >= 0.3 is 0 Å². The summed E-state index contributed by atoms with van der Waals surface area (Å²) in [5.74, 6) is 0.661. The molecule has 2 rings (SSSR count). The second-order valence-electron chi connectivity index (χ2n) is 5.53. The van der Waals surface area contributed by atoms with Crippen molar-refractivity contribution in [3.63, 3.8) is 0 Å². The van der Waals surface area contributed by atoms with Gasteiger partial charge in [0, 0.05) is 12.6 Å². The fourth-order valence-electron chi connectivity index (χ4n) is 3.01. The molecule has 0 aliphatic carbocycles. The quantitative estimate of drug-likeness (QED) is 0.882. The smallest absolute Gasteiger partial charge is 0.162 e. The van der Waals surface area contributed by atoms with Crippen molar-refractivity contribution in [1.29, 1.82) is 0 Å². The first-order valence-electron chi connectivity index (χ1n) is 7.03. The standard InChI is InChI=1S/C14H25N3O2/c1-5-14(2,17-8-6-7-9-17)13(18)12-11(19-4)10-15-16(12)3/h10,13,18H,5-9H2,1-4H3. The predicted molar refractivity (Wildman–Crippen MR) is 74.2 cm³/mol. The highest BCUT2D eigenvalue weighted by Gasteiger charge is 2.41. The van der Waals surface area contributed by atoms with Gasteiger partial charge in [0.15, 0.2) is 5.75 Å². The second kappa shape index (κ2) is 5.51. The summed E-state index contributed by atoms with van der Waals surface area (Å²) in [7, 11) is 3.47. The summed E-state index contributed by atoms with van der Waals surface area (Å²) in [6, 6.07) is 0. The molecular weight excluding hydrogens is 242 g/mol. The van der Waals surface area contributed by atoms with E-state index in [4.69, 9.17) is 4.74 Å². The summed E-state index contributed by atoms with van der Waals surface area (Å²) < 4.78 is 7.04. The number of aliphatic hydroxyl groups is 1. The number of hydrogen-bond acceptors (Lipinski definition) is 4. The van der Waals surface area contributed by atoms with Crippen LogP contribution in [0.1, 0.15) is 44.9 Å². The average molecular weight is 267 g/mol. The van der Waals surface area contributed by atoms with Gasteiger partial charge in [0.25, 0.3) is 0 Å². The molecule has 1 aliphatic heterocycles. The molecule has 1 aromatic heterocycles. The molecule has 1 aliphatic rings. The average Bonchev–Trinajstić information content (AvgIpc) is 3.06. The van der Waals surface area contributed by atoms with Crippen molar-refractivity contribution in [2.45, 2.75) is 44.8 Å². The van der Waals surface area contributed by atoms with E-state index in [-0.39, 0.29) is 5.54 Å². The van der Waals surface area contributed by atoms with Gasteiger partial charge in [-0.15, -0.1) is 0 Å². The zero-order valence-corrected chi connectivity index (χ0v) is 12.4. The number of rotatable bonds is 5. The lowest BCUT2D eigenvalue weighted by Crippen LogP contribution is -2.49. The van der Waals surface area contributed by atoms with Crippen molar-refractivity contribution < 1.29 is 9.84 Å². The number of ether oxygens (including phenoxy) is 1. The number of aliphatic hydroxyl groups excluding tert-OH is 1. The number of nitrogens with zero attached hydrogens (tertiary/aromatic N) is 3. The third-order valence-electron chi connectivity index (χ3n) is 4.56. The molecule has 0 bridgehead atoms. The molecule has 2 unspecified atom stereocenters. The number of aromatic nitrogens is 2. The number of aryl methyl sites for hydroxylation is 1. The topological polar surface area (TPSA) is 50.5 Å². The van der Waals surface area contributed by atoms with Crippen LogP contribution in [0.2, 0.25) is 0 Å². The Hall–Kier alpha value is -1.07. The first-order valence-corrected chi connectivity index (χ1v) is 7.03. The summed E-state index contributed by atoms with van der Waals surface area (Å²) in [6.07, 6.45) is 4.38. The summed E-state index contributed by atoms with van der Waals surface area (Å²) >= 11 is 0. The molecule has 1 N–H and O–H groups in total. The van der Waals surface area contributed by atoms with Crippen LogP contribution < -0.4 is 4.74 Å². The minimum Gasteiger partial charge on any atom is -0.493 e. The Morgan fingerprint density at radius 2 is 2.11 bits per heavy atom. The lowest BCUT2D eigenvalue weighted by atomic mass is 9.87. The number of methoxy groups -OCH3 is 1. The molecule has 0 aromatic carbocycles. The maximum Gasteiger partial charge on any atom is 0.162 e. The van der Waals surface area contributed by atoms with Crippen LogP contribution in [0.15, 0.2) is 6.20 Å². The van der Waals surface area contributed by atoms with Gasteiger partial charge in [-0.05, 0) is 39.3 Å². The van der Waals surface area contributed by atoms with Crippen LogP contribution in [0, 0.1) is 0 Å². The first-order chi connectivity index (χ1) is 9.04. The SMILES string of the molecule is CCC(C)(C(O)c1c(OC)cnn1C)N1CCCC1. The van der Waals surface area contributed by atoms with E-state index in [1.807, 2.05) is 7.05 Å². The molecule has 0 saturated carbocycles. The molecule has 0 spiro atoms. The van der Waals surface area contributed by atoms with Crippen molar-refractivity contribution in [2.75, 3.05) is 20.2 Å². The maximum atomic E-state index is 10.9. The van der Waals surface area contributed by atoms with Gasteiger partial charge in [-0.25, -0.2) is 0 Å². The summed E-state index contributed by atoms with van der Waals surface area (Å²) in [5, 5.41) is 15.1. The fraction of sp³-hybridized carbons (Fsp3) is 0.786. The van der Waals surface area contributed by atoms with E-state index >= 15 is 0 Å². The molecule has 19 heavy (non-hydrogen) atoms. The Morgan fingerprint density at radius 1 is 1.47 bits per heavy atom. The lowest BCUT2D eigenvalue weighted by molar-refractivity contribution is -0.0194. The monoisotopic (exact) mass is 267 g/mol. The first kappa shape index (κ1) is 14.3. The van der Waals surface area contributed by atoms with Crippen molar-refractivity contribution in [3.8, 4) is 5.75 Å². The van der Waals surface area contributed by atoms with Crippen LogP contribution in [-0.2, 0) is 7.05 Å². The van der Waals surface area contributed by atoms with E-state index < -0.39 is 6.10 Å². The molecule has 108 valence electrons. The van der Waals surface area contributed by atoms with Gasteiger partial charge in [0.1, 0.15) is 11.8 Å². The van der Waals surface area contributed by atoms with E-state index in [0.29, 0.717) is 5.75 Å². The van der Waals surface area contributed by atoms with E-state index in [2.05, 4.69) is 23.8 Å². The summed E-state index contributed by atoms with van der Waals surface area (Å²) in [4.78, 5) is 2.39. The molecule has 1 saturated heterocycles. The zero-order valence-electron chi connectivity index (χ0n) is 12.4. The molecule has 2 heterocycles. The van der Waals surface area contributed by atoms with Crippen LogP contribution >= 0.6 is 0 Å². The largest absolute Gasteiger partial charge is 0.493 e. The van der Waals surface area contributed by atoms with Crippen molar-refractivity contribution in [1.82, 2.24) is 14.7 Å². The Morgan fingerprint density at radius 3 is 2.63 bits per heavy atom. The highest BCUT2D eigenvalue weighted by Crippen LogP contribution is 2.39. The fourth-order valence-corrected chi connectivity index (χ4v) is 3.01. The zero-order chi connectivity index (χ0) is 14.0. The van der Waals surface area contributed by atoms with E-state index in [0.717, 1.165) is 25.2 Å². The highest BCUT2D eigenvalue weighted by atomic mass is 16.5. The Balaban J connectivity index is 2.34. The third kappa shape index (κ3) is 2.37. The van der Waals surface area contributed by atoms with Crippen molar-refractivity contribution in [3.05, 3.63) is 11.9 Å². The summed E-state index contributed by atoms with van der Waals surface area (Å²) in [6.45, 7) is 6.38. The van der Waals surface area contributed by atoms with Crippen LogP contribution in [0.5, 0.6) is 5.75 Å². The molecule has 1 aromatic rings. The second-order valence-corrected chi connectivity index (χ2v) is 5.53. The number of hydrogen-bond donors (Lipinski definition) is 1. The van der Waals surface area contributed by atoms with Crippen LogP contribution in [0.3, 0.4) is 0 Å². The van der Waals surface area contributed by atoms with E-state index in [9.17, 15) is 5.11 Å². The maximum absolute atomic E-state index is 10.9. The number of likely N-dealkylation sites (tertiary alicyclic amines) is 1. The van der Waals surface area contributed by atoms with E-state index in [1.165, 1.54) is 12.8 Å². The molecule has 2 atom stereocenters. The molecule has 0 amide bonds.